The predicted molar refractivity (Wildman–Crippen MR) is 92.3 cm³/mol. The van der Waals surface area contributed by atoms with Crippen LogP contribution >= 0.6 is 0 Å². The lowest BCUT2D eigenvalue weighted by atomic mass is 9.99. The molecule has 0 fully saturated rings. The summed E-state index contributed by atoms with van der Waals surface area (Å²) in [6, 6.07) is 8.66. The molecule has 0 spiro atoms. The molecule has 0 atom stereocenters. The normalized spacial score (nSPS) is 13.4. The van der Waals surface area contributed by atoms with Gasteiger partial charge in [-0.05, 0) is 25.4 Å². The largest absolute Gasteiger partial charge is 0.437 e. The van der Waals surface area contributed by atoms with Crippen molar-refractivity contribution in [1.82, 2.24) is 4.98 Å². The van der Waals surface area contributed by atoms with Crippen LogP contribution in [-0.2, 0) is 7.05 Å². The van der Waals surface area contributed by atoms with Gasteiger partial charge in [0.25, 0.3) is 0 Å². The van der Waals surface area contributed by atoms with Crippen LogP contribution in [0, 0.1) is 30.9 Å². The number of pyridine rings is 2. The van der Waals surface area contributed by atoms with E-state index in [1.54, 1.807) is 17.7 Å². The van der Waals surface area contributed by atoms with Crippen molar-refractivity contribution >= 4 is 22.1 Å². The van der Waals surface area contributed by atoms with Crippen molar-refractivity contribution in [2.24, 2.45) is 7.05 Å². The number of furan rings is 1. The average molecular weight is 335 g/mol. The van der Waals surface area contributed by atoms with Crippen molar-refractivity contribution in [1.29, 1.82) is 5.26 Å². The van der Waals surface area contributed by atoms with Crippen LogP contribution in [0.5, 0.6) is 0 Å². The van der Waals surface area contributed by atoms with Crippen LogP contribution in [0.2, 0.25) is 0 Å². The van der Waals surface area contributed by atoms with Crippen LogP contribution < -0.4 is 4.57 Å². The Morgan fingerprint density at radius 3 is 2.92 bits per heavy atom. The fraction of sp³-hybridized carbons (Fsp3) is 0.150. The molecule has 0 aliphatic rings. The van der Waals surface area contributed by atoms with Gasteiger partial charge in [0.2, 0.25) is 11.4 Å². The Hall–Kier alpha value is -3.26. The Bertz CT molecular complexity index is 1300. The molecule has 122 valence electrons. The second-order valence-corrected chi connectivity index (χ2v) is 5.92. The first-order chi connectivity index (χ1) is 13.2. The zero-order valence-electron chi connectivity index (χ0n) is 16.6. The quantitative estimate of drug-likeness (QED) is 0.492. The standard InChI is InChI=1S/C20H15FN3O/c1-11-4-5-14-18-13(9-22)6-7-23-20(18)25-19(14)17(11)16-8-15(21)12(2)10-24(16)3/h4-8,10H,1-3H3/q+1/i2D3. The maximum Gasteiger partial charge on any atom is 0.228 e. The van der Waals surface area contributed by atoms with Gasteiger partial charge < -0.3 is 4.42 Å². The van der Waals surface area contributed by atoms with E-state index in [-0.39, 0.29) is 5.56 Å². The van der Waals surface area contributed by atoms with Crippen LogP contribution in [0.15, 0.2) is 41.1 Å². The lowest BCUT2D eigenvalue weighted by Gasteiger charge is -2.06. The molecule has 0 saturated carbocycles. The minimum Gasteiger partial charge on any atom is -0.437 e. The van der Waals surface area contributed by atoms with Gasteiger partial charge in [0.1, 0.15) is 18.9 Å². The van der Waals surface area contributed by atoms with Gasteiger partial charge in [0, 0.05) is 27.3 Å². The summed E-state index contributed by atoms with van der Waals surface area (Å²) >= 11 is 0. The smallest absolute Gasteiger partial charge is 0.228 e. The molecule has 0 radical (unpaired) electrons. The highest BCUT2D eigenvalue weighted by molar-refractivity contribution is 6.10. The molecule has 0 aliphatic heterocycles. The zero-order valence-corrected chi connectivity index (χ0v) is 13.6. The fourth-order valence-corrected chi connectivity index (χ4v) is 3.15. The highest BCUT2D eigenvalue weighted by Crippen LogP contribution is 2.37. The molecule has 5 heteroatoms. The first-order valence-corrected chi connectivity index (χ1v) is 7.63. The second kappa shape index (κ2) is 5.38. The molecule has 0 saturated heterocycles. The number of aromatic nitrogens is 2. The number of hydrogen-bond acceptors (Lipinski definition) is 3. The van der Waals surface area contributed by atoms with Gasteiger partial charge in [-0.25, -0.2) is 13.9 Å². The van der Waals surface area contributed by atoms with Crippen molar-refractivity contribution in [2.45, 2.75) is 13.8 Å². The summed E-state index contributed by atoms with van der Waals surface area (Å²) in [5.41, 5.74) is 2.80. The summed E-state index contributed by atoms with van der Waals surface area (Å²) in [7, 11) is 1.66. The summed E-state index contributed by atoms with van der Waals surface area (Å²) in [6.45, 7) is -0.692. The lowest BCUT2D eigenvalue weighted by molar-refractivity contribution is -0.661. The minimum absolute atomic E-state index is 0.322. The van der Waals surface area contributed by atoms with E-state index in [9.17, 15) is 9.65 Å². The third kappa shape index (κ3) is 2.18. The van der Waals surface area contributed by atoms with Crippen LogP contribution in [-0.4, -0.2) is 4.98 Å². The summed E-state index contributed by atoms with van der Waals surface area (Å²) < 4.78 is 44.6. The third-order valence-electron chi connectivity index (χ3n) is 4.35. The Morgan fingerprint density at radius 2 is 2.16 bits per heavy atom. The molecular weight excluding hydrogens is 317 g/mol. The van der Waals surface area contributed by atoms with E-state index in [1.165, 1.54) is 18.5 Å². The Kier molecular flexibility index (Phi) is 2.62. The number of halogens is 1. The summed E-state index contributed by atoms with van der Waals surface area (Å²) in [6.07, 6.45) is 2.78. The fourth-order valence-electron chi connectivity index (χ4n) is 3.15. The van der Waals surface area contributed by atoms with Crippen LogP contribution in [0.4, 0.5) is 4.39 Å². The number of nitrogens with zero attached hydrogens (tertiary/aromatic N) is 3. The maximum atomic E-state index is 14.6. The molecule has 3 aromatic heterocycles. The summed E-state index contributed by atoms with van der Waals surface area (Å²) in [5.74, 6) is -0.809. The molecule has 4 nitrogen and oxygen atoms in total. The molecule has 3 heterocycles. The predicted octanol–water partition coefficient (Wildman–Crippen LogP) is 4.10. The van der Waals surface area contributed by atoms with E-state index in [2.05, 4.69) is 11.1 Å². The summed E-state index contributed by atoms with van der Waals surface area (Å²) in [5, 5.41) is 10.7. The molecule has 1 aromatic carbocycles. The average Bonchev–Trinajstić information content (AvgIpc) is 3.01. The van der Waals surface area contributed by atoms with E-state index < -0.39 is 12.7 Å². The molecule has 0 bridgehead atoms. The maximum absolute atomic E-state index is 14.6. The number of benzene rings is 1. The van der Waals surface area contributed by atoms with E-state index in [4.69, 9.17) is 8.53 Å². The van der Waals surface area contributed by atoms with Crippen molar-refractivity contribution < 1.29 is 17.5 Å². The number of rotatable bonds is 1. The van der Waals surface area contributed by atoms with Gasteiger partial charge in [-0.2, -0.15) is 5.26 Å². The van der Waals surface area contributed by atoms with Gasteiger partial charge >= 0.3 is 0 Å². The first kappa shape index (κ1) is 12.2. The zero-order chi connectivity index (χ0) is 20.2. The highest BCUT2D eigenvalue weighted by Gasteiger charge is 2.23. The monoisotopic (exact) mass is 335 g/mol. The molecule has 0 amide bonds. The Morgan fingerprint density at radius 1 is 1.32 bits per heavy atom. The number of hydrogen-bond donors (Lipinski definition) is 0. The van der Waals surface area contributed by atoms with E-state index >= 15 is 0 Å². The molecular formula is C20H15FN3O+. The van der Waals surface area contributed by atoms with Gasteiger partial charge in [0.05, 0.1) is 16.5 Å². The van der Waals surface area contributed by atoms with E-state index in [0.29, 0.717) is 38.9 Å². The van der Waals surface area contributed by atoms with E-state index in [1.807, 2.05) is 19.1 Å². The topological polar surface area (TPSA) is 53.7 Å². The van der Waals surface area contributed by atoms with Gasteiger partial charge in [-0.1, -0.05) is 12.1 Å². The van der Waals surface area contributed by atoms with Crippen LogP contribution in [0.25, 0.3) is 33.3 Å². The highest BCUT2D eigenvalue weighted by atomic mass is 19.1. The van der Waals surface area contributed by atoms with Crippen LogP contribution in [0.3, 0.4) is 0 Å². The third-order valence-corrected chi connectivity index (χ3v) is 4.35. The van der Waals surface area contributed by atoms with Crippen molar-refractivity contribution in [3.05, 3.63) is 59.2 Å². The second-order valence-electron chi connectivity index (χ2n) is 5.92. The molecule has 25 heavy (non-hydrogen) atoms. The number of aryl methyl sites for hydroxylation is 3. The minimum atomic E-state index is -2.55. The molecule has 4 aromatic rings. The summed E-state index contributed by atoms with van der Waals surface area (Å²) in [4.78, 5) is 4.20. The molecule has 0 unspecified atom stereocenters. The van der Waals surface area contributed by atoms with Crippen molar-refractivity contribution in [3.63, 3.8) is 0 Å². The van der Waals surface area contributed by atoms with Gasteiger partial charge in [-0.3, -0.25) is 0 Å². The Balaban J connectivity index is 2.09. The Labute approximate surface area is 148 Å². The van der Waals surface area contributed by atoms with Gasteiger partial charge in [-0.15, -0.1) is 0 Å². The SMILES string of the molecule is [2H]C([2H])([2H])c1c[n+](C)c(-c2c(C)ccc3c2oc2nccc(C#N)c23)cc1F. The number of nitriles is 1. The molecule has 4 rings (SSSR count). The van der Waals surface area contributed by atoms with E-state index in [0.717, 1.165) is 5.56 Å². The van der Waals surface area contributed by atoms with Crippen molar-refractivity contribution in [2.75, 3.05) is 0 Å². The first-order valence-electron chi connectivity index (χ1n) is 9.13. The lowest BCUT2D eigenvalue weighted by Crippen LogP contribution is -2.31. The number of fused-ring (bicyclic) bond motifs is 3. The molecule has 0 aliphatic carbocycles. The van der Waals surface area contributed by atoms with Crippen LogP contribution in [0.1, 0.15) is 20.8 Å². The van der Waals surface area contributed by atoms with Gasteiger partial charge in [0.15, 0.2) is 11.8 Å². The molecule has 0 N–H and O–H groups in total. The van der Waals surface area contributed by atoms with Crippen molar-refractivity contribution in [3.8, 4) is 17.3 Å².